The van der Waals surface area contributed by atoms with Gasteiger partial charge in [0.15, 0.2) is 0 Å². The number of nitrogens with one attached hydrogen (secondary N) is 1. The maximum absolute atomic E-state index is 11.8. The smallest absolute Gasteiger partial charge is 0.328 e. The summed E-state index contributed by atoms with van der Waals surface area (Å²) >= 11 is 0. The van der Waals surface area contributed by atoms with Crippen LogP contribution in [0.2, 0.25) is 0 Å². The van der Waals surface area contributed by atoms with Gasteiger partial charge in [0.1, 0.15) is 18.3 Å². The predicted molar refractivity (Wildman–Crippen MR) is 69.3 cm³/mol. The second-order valence-electron chi connectivity index (χ2n) is 4.56. The van der Waals surface area contributed by atoms with Crippen LogP contribution in [0.3, 0.4) is 0 Å². The zero-order valence-electron chi connectivity index (χ0n) is 10.6. The van der Waals surface area contributed by atoms with Crippen LogP contribution < -0.4 is 11.2 Å². The molecule has 8 nitrogen and oxygen atoms in total. The molecule has 8 heteroatoms. The highest BCUT2D eigenvalue weighted by Crippen LogP contribution is 2.23. The zero-order chi connectivity index (χ0) is 14.9. The van der Waals surface area contributed by atoms with Gasteiger partial charge in [-0.05, 0) is 0 Å². The standard InChI is InChI=1S/C12H16N2O6/c1-2-6-3-14(12(19)13-11(6)18)7-5-20-8(4-15)10(17)9(7)16/h2-3,7-10,15-17H,1,4-5H2,(H,13,18,19)/t7-,8-,9?,10?/m1/s1. The number of hydrogen-bond acceptors (Lipinski definition) is 6. The van der Waals surface area contributed by atoms with Crippen LogP contribution in [0.4, 0.5) is 0 Å². The lowest BCUT2D eigenvalue weighted by Gasteiger charge is -2.37. The molecule has 1 aromatic heterocycles. The molecule has 0 radical (unpaired) electrons. The second-order valence-corrected chi connectivity index (χ2v) is 4.56. The summed E-state index contributed by atoms with van der Waals surface area (Å²) in [5.41, 5.74) is -1.14. The van der Waals surface area contributed by atoms with Gasteiger partial charge in [0.05, 0.1) is 24.8 Å². The highest BCUT2D eigenvalue weighted by molar-refractivity contribution is 5.43. The Hall–Kier alpha value is -1.74. The molecule has 2 rings (SSSR count). The van der Waals surface area contributed by atoms with Crippen molar-refractivity contribution in [3.63, 3.8) is 0 Å². The number of H-pyrrole nitrogens is 1. The Bertz CT molecular complexity index is 607. The molecule has 1 saturated heterocycles. The molecule has 0 spiro atoms. The first-order valence-corrected chi connectivity index (χ1v) is 6.06. The van der Waals surface area contributed by atoms with E-state index in [1.54, 1.807) is 0 Å². The quantitative estimate of drug-likeness (QED) is 0.501. The number of aliphatic hydroxyl groups excluding tert-OH is 3. The minimum absolute atomic E-state index is 0.0774. The molecule has 0 amide bonds. The summed E-state index contributed by atoms with van der Waals surface area (Å²) < 4.78 is 6.28. The van der Waals surface area contributed by atoms with E-state index in [1.807, 2.05) is 0 Å². The first kappa shape index (κ1) is 14.7. The monoisotopic (exact) mass is 284 g/mol. The minimum Gasteiger partial charge on any atom is -0.394 e. The molecule has 0 bridgehead atoms. The van der Waals surface area contributed by atoms with Crippen LogP contribution in [0.1, 0.15) is 11.6 Å². The van der Waals surface area contributed by atoms with Crippen LogP contribution in [0.15, 0.2) is 22.4 Å². The lowest BCUT2D eigenvalue weighted by molar-refractivity contribution is -0.170. The summed E-state index contributed by atoms with van der Waals surface area (Å²) in [4.78, 5) is 25.3. The fourth-order valence-electron chi connectivity index (χ4n) is 2.17. The van der Waals surface area contributed by atoms with E-state index in [1.165, 1.54) is 12.3 Å². The molecule has 1 aliphatic rings. The molecule has 2 unspecified atom stereocenters. The number of aromatic amines is 1. The van der Waals surface area contributed by atoms with Crippen molar-refractivity contribution in [2.45, 2.75) is 24.4 Å². The summed E-state index contributed by atoms with van der Waals surface area (Å²) in [6.45, 7) is 2.94. The average Bonchev–Trinajstić information content (AvgIpc) is 2.43. The van der Waals surface area contributed by atoms with Crippen LogP contribution in [0, 0.1) is 0 Å². The van der Waals surface area contributed by atoms with E-state index in [0.717, 1.165) is 4.57 Å². The number of ether oxygens (including phenoxy) is 1. The largest absolute Gasteiger partial charge is 0.394 e. The van der Waals surface area contributed by atoms with Gasteiger partial charge < -0.3 is 20.1 Å². The first-order chi connectivity index (χ1) is 9.49. The Morgan fingerprint density at radius 3 is 2.75 bits per heavy atom. The molecule has 4 N–H and O–H groups in total. The summed E-state index contributed by atoms with van der Waals surface area (Å²) in [6.07, 6.45) is -1.01. The molecule has 0 saturated carbocycles. The summed E-state index contributed by atoms with van der Waals surface area (Å²) in [7, 11) is 0. The highest BCUT2D eigenvalue weighted by atomic mass is 16.5. The van der Waals surface area contributed by atoms with E-state index in [0.29, 0.717) is 0 Å². The van der Waals surface area contributed by atoms with Gasteiger partial charge in [-0.25, -0.2) is 4.79 Å². The number of aromatic nitrogens is 2. The number of rotatable bonds is 3. The topological polar surface area (TPSA) is 125 Å². The van der Waals surface area contributed by atoms with E-state index in [-0.39, 0.29) is 12.2 Å². The van der Waals surface area contributed by atoms with E-state index < -0.39 is 42.2 Å². The zero-order valence-corrected chi connectivity index (χ0v) is 10.6. The molecule has 1 aliphatic heterocycles. The lowest BCUT2D eigenvalue weighted by atomic mass is 9.98. The van der Waals surface area contributed by atoms with Gasteiger partial charge in [-0.2, -0.15) is 0 Å². The molecular formula is C12H16N2O6. The van der Waals surface area contributed by atoms with Crippen molar-refractivity contribution in [1.82, 2.24) is 9.55 Å². The van der Waals surface area contributed by atoms with Crippen LogP contribution in [0.25, 0.3) is 6.08 Å². The molecule has 1 aromatic rings. The van der Waals surface area contributed by atoms with Crippen LogP contribution in [-0.2, 0) is 4.74 Å². The van der Waals surface area contributed by atoms with Crippen molar-refractivity contribution >= 4 is 6.08 Å². The van der Waals surface area contributed by atoms with Crippen molar-refractivity contribution in [2.24, 2.45) is 0 Å². The van der Waals surface area contributed by atoms with E-state index in [4.69, 9.17) is 9.84 Å². The van der Waals surface area contributed by atoms with Gasteiger partial charge in [0, 0.05) is 6.20 Å². The third-order valence-electron chi connectivity index (χ3n) is 3.36. The third kappa shape index (κ3) is 2.46. The van der Waals surface area contributed by atoms with Gasteiger partial charge in [0.2, 0.25) is 0 Å². The normalized spacial score (nSPS) is 30.1. The fourth-order valence-corrected chi connectivity index (χ4v) is 2.17. The van der Waals surface area contributed by atoms with E-state index in [9.17, 15) is 19.8 Å². The molecule has 20 heavy (non-hydrogen) atoms. The van der Waals surface area contributed by atoms with Crippen LogP contribution in [-0.4, -0.2) is 56.4 Å². The lowest BCUT2D eigenvalue weighted by Crippen LogP contribution is -2.54. The average molecular weight is 284 g/mol. The number of nitrogens with zero attached hydrogens (tertiary/aromatic N) is 1. The Balaban J connectivity index is 2.40. The minimum atomic E-state index is -1.33. The fraction of sp³-hybridized carbons (Fsp3) is 0.500. The summed E-state index contributed by atoms with van der Waals surface area (Å²) in [5.74, 6) is 0. The van der Waals surface area contributed by atoms with Gasteiger partial charge in [-0.1, -0.05) is 12.7 Å². The number of hydrogen-bond donors (Lipinski definition) is 4. The van der Waals surface area contributed by atoms with E-state index in [2.05, 4.69) is 11.6 Å². The van der Waals surface area contributed by atoms with E-state index >= 15 is 0 Å². The predicted octanol–water partition coefficient (Wildman–Crippen LogP) is -2.17. The third-order valence-corrected chi connectivity index (χ3v) is 3.36. The van der Waals surface area contributed by atoms with Crippen LogP contribution in [0.5, 0.6) is 0 Å². The molecule has 4 atom stereocenters. The molecule has 110 valence electrons. The molecule has 1 fully saturated rings. The van der Waals surface area contributed by atoms with Crippen molar-refractivity contribution in [3.05, 3.63) is 39.2 Å². The maximum atomic E-state index is 11.8. The molecular weight excluding hydrogens is 268 g/mol. The Kier molecular flexibility index (Phi) is 4.19. The SMILES string of the molecule is C=Cc1cn([C@@H]2CO[C@H](CO)C(O)C2O)c(=O)[nH]c1=O. The second kappa shape index (κ2) is 5.71. The summed E-state index contributed by atoms with van der Waals surface area (Å²) in [6, 6.07) is -0.865. The first-order valence-electron chi connectivity index (χ1n) is 6.06. The highest BCUT2D eigenvalue weighted by Gasteiger charge is 2.39. The number of aliphatic hydroxyl groups is 3. The van der Waals surface area contributed by atoms with Crippen molar-refractivity contribution in [1.29, 1.82) is 0 Å². The van der Waals surface area contributed by atoms with Crippen molar-refractivity contribution < 1.29 is 20.1 Å². The summed E-state index contributed by atoms with van der Waals surface area (Å²) in [5, 5.41) is 28.8. The Morgan fingerprint density at radius 2 is 2.15 bits per heavy atom. The molecule has 0 aromatic carbocycles. The van der Waals surface area contributed by atoms with Crippen molar-refractivity contribution in [3.8, 4) is 0 Å². The van der Waals surface area contributed by atoms with Gasteiger partial charge in [-0.15, -0.1) is 0 Å². The van der Waals surface area contributed by atoms with Gasteiger partial charge >= 0.3 is 5.69 Å². The van der Waals surface area contributed by atoms with Crippen LogP contribution >= 0.6 is 0 Å². The Labute approximate surface area is 113 Å². The Morgan fingerprint density at radius 1 is 1.45 bits per heavy atom. The van der Waals surface area contributed by atoms with Crippen molar-refractivity contribution in [2.75, 3.05) is 13.2 Å². The molecule has 2 heterocycles. The van der Waals surface area contributed by atoms with Gasteiger partial charge in [-0.3, -0.25) is 14.3 Å². The molecule has 0 aliphatic carbocycles. The maximum Gasteiger partial charge on any atom is 0.328 e. The van der Waals surface area contributed by atoms with Gasteiger partial charge in [0.25, 0.3) is 5.56 Å².